The monoisotopic (exact) mass is 314 g/mol. The van der Waals surface area contributed by atoms with E-state index in [9.17, 15) is 9.90 Å². The molecule has 1 aromatic carbocycles. The zero-order chi connectivity index (χ0) is 16.4. The number of carbonyl (C=O) groups excluding carboxylic acids is 1. The van der Waals surface area contributed by atoms with Gasteiger partial charge in [0.15, 0.2) is 5.69 Å². The summed E-state index contributed by atoms with van der Waals surface area (Å²) in [4.78, 5) is 14.5. The van der Waals surface area contributed by atoms with E-state index in [1.54, 1.807) is 16.5 Å². The second-order valence-corrected chi connectivity index (χ2v) is 6.16. The zero-order valence-corrected chi connectivity index (χ0v) is 13.5. The molecule has 6 heteroatoms. The molecule has 1 amide bonds. The molecule has 0 saturated carbocycles. The van der Waals surface area contributed by atoms with Gasteiger partial charge in [0.2, 0.25) is 0 Å². The van der Waals surface area contributed by atoms with Crippen LogP contribution in [0, 0.1) is 12.8 Å². The number of aliphatic hydroxyl groups is 1. The summed E-state index contributed by atoms with van der Waals surface area (Å²) in [7, 11) is 0. The fraction of sp³-hybridized carbons (Fsp3) is 0.471. The van der Waals surface area contributed by atoms with Crippen LogP contribution in [0.2, 0.25) is 0 Å². The third-order valence-corrected chi connectivity index (χ3v) is 4.53. The molecule has 1 aliphatic rings. The Hall–Kier alpha value is -2.21. The van der Waals surface area contributed by atoms with Gasteiger partial charge in [-0.05, 0) is 38.8 Å². The van der Waals surface area contributed by atoms with E-state index in [-0.39, 0.29) is 11.8 Å². The van der Waals surface area contributed by atoms with Crippen LogP contribution in [0.3, 0.4) is 0 Å². The molecule has 0 spiro atoms. The van der Waals surface area contributed by atoms with Gasteiger partial charge in [0.1, 0.15) is 0 Å². The average Bonchev–Trinajstić information content (AvgIpc) is 2.96. The summed E-state index contributed by atoms with van der Waals surface area (Å²) in [6.07, 6.45) is 1.47. The molecule has 1 fully saturated rings. The molecule has 0 radical (unpaired) electrons. The van der Waals surface area contributed by atoms with Crippen LogP contribution in [-0.4, -0.2) is 50.1 Å². The van der Waals surface area contributed by atoms with Crippen LogP contribution in [-0.2, 0) is 0 Å². The van der Waals surface area contributed by atoms with Crippen LogP contribution < -0.4 is 0 Å². The van der Waals surface area contributed by atoms with Crippen molar-refractivity contribution >= 4 is 5.91 Å². The molecule has 0 unspecified atom stereocenters. The lowest BCUT2D eigenvalue weighted by Crippen LogP contribution is -2.43. The van der Waals surface area contributed by atoms with E-state index in [1.807, 2.05) is 37.3 Å². The van der Waals surface area contributed by atoms with Crippen molar-refractivity contribution in [1.29, 1.82) is 0 Å². The Bertz CT molecular complexity index is 681. The summed E-state index contributed by atoms with van der Waals surface area (Å²) >= 11 is 0. The van der Waals surface area contributed by atoms with Crippen LogP contribution >= 0.6 is 0 Å². The van der Waals surface area contributed by atoms with Gasteiger partial charge in [0, 0.05) is 19.0 Å². The van der Waals surface area contributed by atoms with E-state index in [0.717, 1.165) is 24.2 Å². The molecule has 1 N–H and O–H groups in total. The molecule has 0 aliphatic carbocycles. The number of carbonyl (C=O) groups is 1. The Kier molecular flexibility index (Phi) is 4.43. The van der Waals surface area contributed by atoms with Crippen LogP contribution in [0.15, 0.2) is 30.3 Å². The van der Waals surface area contributed by atoms with Crippen molar-refractivity contribution in [3.63, 3.8) is 0 Å². The normalized spacial score (nSPS) is 19.6. The number of benzene rings is 1. The number of aromatic nitrogens is 3. The van der Waals surface area contributed by atoms with Crippen LogP contribution in [0.25, 0.3) is 5.69 Å². The topological polar surface area (TPSA) is 71.2 Å². The first kappa shape index (κ1) is 15.7. The third-order valence-electron chi connectivity index (χ3n) is 4.53. The van der Waals surface area contributed by atoms with Crippen molar-refractivity contribution in [3.05, 3.63) is 41.7 Å². The highest BCUT2D eigenvalue weighted by Crippen LogP contribution is 2.22. The van der Waals surface area contributed by atoms with E-state index in [4.69, 9.17) is 0 Å². The molecule has 3 rings (SSSR count). The van der Waals surface area contributed by atoms with E-state index < -0.39 is 6.10 Å². The minimum absolute atomic E-state index is 0.102. The highest BCUT2D eigenvalue weighted by atomic mass is 16.3. The number of piperidine rings is 1. The number of para-hydroxylation sites is 1. The predicted molar refractivity (Wildman–Crippen MR) is 86.4 cm³/mol. The molecule has 6 nitrogen and oxygen atoms in total. The quantitative estimate of drug-likeness (QED) is 0.938. The fourth-order valence-electron chi connectivity index (χ4n) is 3.08. The average molecular weight is 314 g/mol. The van der Waals surface area contributed by atoms with Gasteiger partial charge in [-0.15, -0.1) is 5.10 Å². The van der Waals surface area contributed by atoms with E-state index in [1.165, 1.54) is 0 Å². The summed E-state index contributed by atoms with van der Waals surface area (Å²) < 4.78 is 1.68. The van der Waals surface area contributed by atoms with Gasteiger partial charge in [0.25, 0.3) is 5.91 Å². The maximum absolute atomic E-state index is 12.8. The Labute approximate surface area is 135 Å². The minimum atomic E-state index is -0.397. The first-order chi connectivity index (χ1) is 11.1. The summed E-state index contributed by atoms with van der Waals surface area (Å²) in [5.41, 5.74) is 2.01. The second kappa shape index (κ2) is 6.50. The molecule has 1 aromatic heterocycles. The van der Waals surface area contributed by atoms with Crippen molar-refractivity contribution in [2.24, 2.45) is 5.92 Å². The van der Waals surface area contributed by atoms with Crippen LogP contribution in [0.1, 0.15) is 35.9 Å². The standard InChI is InChI=1S/C17H22N4O2/c1-12-16(18-19-21(12)15-8-4-3-5-9-15)17(23)20-10-6-7-14(11-20)13(2)22/h3-5,8-9,13-14,22H,6-7,10-11H2,1-2H3/t13-,14+/m0/s1. The molecule has 23 heavy (non-hydrogen) atoms. The Balaban J connectivity index is 1.82. The van der Waals surface area contributed by atoms with Crippen molar-refractivity contribution in [2.45, 2.75) is 32.8 Å². The summed E-state index contributed by atoms with van der Waals surface area (Å²) in [5, 5.41) is 18.0. The lowest BCUT2D eigenvalue weighted by molar-refractivity contribution is 0.0461. The molecule has 2 aromatic rings. The Morgan fingerprint density at radius 1 is 1.35 bits per heavy atom. The summed E-state index contributed by atoms with van der Waals surface area (Å²) in [5.74, 6) is 0.0344. The van der Waals surface area contributed by atoms with Gasteiger partial charge in [-0.25, -0.2) is 4.68 Å². The molecule has 2 atom stereocenters. The smallest absolute Gasteiger partial charge is 0.276 e. The zero-order valence-electron chi connectivity index (χ0n) is 13.5. The lowest BCUT2D eigenvalue weighted by atomic mass is 9.93. The van der Waals surface area contributed by atoms with Gasteiger partial charge in [-0.1, -0.05) is 23.4 Å². The number of hydrogen-bond donors (Lipinski definition) is 1. The summed E-state index contributed by atoms with van der Waals surface area (Å²) in [6.45, 7) is 4.93. The molecule has 122 valence electrons. The second-order valence-electron chi connectivity index (χ2n) is 6.16. The minimum Gasteiger partial charge on any atom is -0.393 e. The molecular formula is C17H22N4O2. The van der Waals surface area contributed by atoms with E-state index >= 15 is 0 Å². The highest BCUT2D eigenvalue weighted by Gasteiger charge is 2.29. The Morgan fingerprint density at radius 2 is 2.09 bits per heavy atom. The number of likely N-dealkylation sites (tertiary alicyclic amines) is 1. The molecule has 0 bridgehead atoms. The van der Waals surface area contributed by atoms with Crippen molar-refractivity contribution in [1.82, 2.24) is 19.9 Å². The maximum atomic E-state index is 12.8. The molecule has 2 heterocycles. The van der Waals surface area contributed by atoms with Crippen molar-refractivity contribution in [3.8, 4) is 5.69 Å². The number of nitrogens with zero attached hydrogens (tertiary/aromatic N) is 4. The molecular weight excluding hydrogens is 292 g/mol. The van der Waals surface area contributed by atoms with E-state index in [0.29, 0.717) is 18.8 Å². The van der Waals surface area contributed by atoms with Crippen LogP contribution in [0.5, 0.6) is 0 Å². The fourth-order valence-corrected chi connectivity index (χ4v) is 3.08. The predicted octanol–water partition coefficient (Wildman–Crippen LogP) is 1.81. The number of aliphatic hydroxyl groups excluding tert-OH is 1. The third kappa shape index (κ3) is 3.12. The first-order valence-corrected chi connectivity index (χ1v) is 8.03. The Morgan fingerprint density at radius 3 is 2.78 bits per heavy atom. The SMILES string of the molecule is Cc1c(C(=O)N2CCC[C@@H]([C@H](C)O)C2)nnn1-c1ccccc1. The summed E-state index contributed by atoms with van der Waals surface area (Å²) in [6, 6.07) is 9.65. The highest BCUT2D eigenvalue weighted by molar-refractivity contribution is 5.93. The number of amides is 1. The van der Waals surface area contributed by atoms with Gasteiger partial charge >= 0.3 is 0 Å². The first-order valence-electron chi connectivity index (χ1n) is 8.03. The van der Waals surface area contributed by atoms with Gasteiger partial charge in [-0.3, -0.25) is 4.79 Å². The van der Waals surface area contributed by atoms with Gasteiger partial charge < -0.3 is 10.0 Å². The van der Waals surface area contributed by atoms with E-state index in [2.05, 4.69) is 10.3 Å². The molecule has 1 saturated heterocycles. The van der Waals surface area contributed by atoms with Crippen molar-refractivity contribution < 1.29 is 9.90 Å². The maximum Gasteiger partial charge on any atom is 0.276 e. The van der Waals surface area contributed by atoms with Crippen LogP contribution in [0.4, 0.5) is 0 Å². The number of rotatable bonds is 3. The van der Waals surface area contributed by atoms with Crippen molar-refractivity contribution in [2.75, 3.05) is 13.1 Å². The van der Waals surface area contributed by atoms with Gasteiger partial charge in [-0.2, -0.15) is 0 Å². The number of hydrogen-bond acceptors (Lipinski definition) is 4. The molecule has 1 aliphatic heterocycles. The largest absolute Gasteiger partial charge is 0.393 e. The van der Waals surface area contributed by atoms with Gasteiger partial charge in [0.05, 0.1) is 17.5 Å². The lowest BCUT2D eigenvalue weighted by Gasteiger charge is -2.33.